The van der Waals surface area contributed by atoms with E-state index in [1.807, 2.05) is 11.8 Å². The van der Waals surface area contributed by atoms with Gasteiger partial charge >= 0.3 is 0 Å². The first-order valence-electron chi connectivity index (χ1n) is 9.78. The molecule has 2 aromatic heterocycles. The van der Waals surface area contributed by atoms with Gasteiger partial charge < -0.3 is 15.0 Å². The van der Waals surface area contributed by atoms with E-state index in [4.69, 9.17) is 4.74 Å². The van der Waals surface area contributed by atoms with E-state index >= 15 is 0 Å². The zero-order valence-electron chi connectivity index (χ0n) is 16.9. The number of aryl methyl sites for hydroxylation is 1. The second-order valence-electron chi connectivity index (χ2n) is 7.21. The summed E-state index contributed by atoms with van der Waals surface area (Å²) >= 11 is 0. The number of amides is 1. The number of hydrogen-bond acceptors (Lipinski definition) is 6. The molecule has 30 heavy (non-hydrogen) atoms. The first kappa shape index (κ1) is 19.8. The highest BCUT2D eigenvalue weighted by Crippen LogP contribution is 2.27. The molecule has 8 nitrogen and oxygen atoms in total. The van der Waals surface area contributed by atoms with Crippen LogP contribution in [0.2, 0.25) is 0 Å². The van der Waals surface area contributed by atoms with E-state index in [1.54, 1.807) is 35.4 Å². The number of nitrogens with zero attached hydrogens (tertiary/aromatic N) is 5. The molecule has 1 N–H and O–H groups in total. The van der Waals surface area contributed by atoms with Gasteiger partial charge in [0, 0.05) is 31.0 Å². The van der Waals surface area contributed by atoms with Gasteiger partial charge in [0.25, 0.3) is 0 Å². The van der Waals surface area contributed by atoms with Crippen molar-refractivity contribution in [1.82, 2.24) is 24.6 Å². The molecule has 156 valence electrons. The van der Waals surface area contributed by atoms with Gasteiger partial charge in [-0.1, -0.05) is 0 Å². The number of benzene rings is 1. The van der Waals surface area contributed by atoms with Gasteiger partial charge in [0.2, 0.25) is 11.9 Å². The number of ether oxygens (including phenoxy) is 1. The fourth-order valence-electron chi connectivity index (χ4n) is 3.46. The number of likely N-dealkylation sites (tertiary alicyclic amines) is 1. The third-order valence-electron chi connectivity index (χ3n) is 5.04. The minimum absolute atomic E-state index is 0.0672. The van der Waals surface area contributed by atoms with Crippen LogP contribution in [0.4, 0.5) is 16.0 Å². The van der Waals surface area contributed by atoms with Gasteiger partial charge in [-0.25, -0.2) is 14.4 Å². The molecule has 0 aliphatic carbocycles. The van der Waals surface area contributed by atoms with Crippen LogP contribution in [0.3, 0.4) is 0 Å². The molecular formula is C21H23FN6O2. The second-order valence-corrected chi connectivity index (χ2v) is 7.21. The molecule has 1 aliphatic heterocycles. The third kappa shape index (κ3) is 4.24. The highest BCUT2D eigenvalue weighted by atomic mass is 19.1. The van der Waals surface area contributed by atoms with E-state index in [0.717, 1.165) is 31.5 Å². The zero-order valence-corrected chi connectivity index (χ0v) is 16.9. The van der Waals surface area contributed by atoms with Gasteiger partial charge in [-0.05, 0) is 43.5 Å². The van der Waals surface area contributed by atoms with Crippen molar-refractivity contribution in [3.8, 4) is 17.0 Å². The number of carbonyl (C=O) groups excluding carboxylic acids is 1. The molecule has 1 aromatic carbocycles. The van der Waals surface area contributed by atoms with Crippen LogP contribution in [-0.4, -0.2) is 50.8 Å². The Hall–Kier alpha value is -3.49. The van der Waals surface area contributed by atoms with Gasteiger partial charge in [0.15, 0.2) is 11.6 Å². The molecular weight excluding hydrogens is 387 g/mol. The number of hydrogen-bond donors (Lipinski definition) is 1. The molecule has 0 atom stereocenters. The van der Waals surface area contributed by atoms with Gasteiger partial charge in [-0.15, -0.1) is 0 Å². The van der Waals surface area contributed by atoms with Gasteiger partial charge in [-0.2, -0.15) is 5.10 Å². The topological polar surface area (TPSA) is 85.2 Å². The Morgan fingerprint density at radius 1 is 1.27 bits per heavy atom. The molecule has 0 spiro atoms. The molecule has 0 unspecified atom stereocenters. The number of aromatic nitrogens is 4. The minimum atomic E-state index is -0.452. The lowest BCUT2D eigenvalue weighted by Crippen LogP contribution is -2.31. The van der Waals surface area contributed by atoms with E-state index in [9.17, 15) is 9.18 Å². The number of anilines is 2. The Labute approximate surface area is 173 Å². The van der Waals surface area contributed by atoms with Crippen LogP contribution < -0.4 is 10.1 Å². The predicted molar refractivity (Wildman–Crippen MR) is 110 cm³/mol. The highest BCUT2D eigenvalue weighted by molar-refractivity contribution is 5.76. The number of halogens is 1. The largest absolute Gasteiger partial charge is 0.494 e. The van der Waals surface area contributed by atoms with Crippen LogP contribution in [0.5, 0.6) is 5.75 Å². The minimum Gasteiger partial charge on any atom is -0.494 e. The maximum absolute atomic E-state index is 14.1. The fourth-order valence-corrected chi connectivity index (χ4v) is 3.46. The molecule has 1 fully saturated rings. The SMILES string of the molecule is COc1ccc(-c2nc(Nc3cnn(CC(=O)N4CCCC4)c3)ncc2C)cc1F. The van der Waals surface area contributed by atoms with Crippen LogP contribution >= 0.6 is 0 Å². The van der Waals surface area contributed by atoms with Crippen molar-refractivity contribution in [2.45, 2.75) is 26.3 Å². The summed E-state index contributed by atoms with van der Waals surface area (Å²) in [6.07, 6.45) is 7.15. The van der Waals surface area contributed by atoms with Crippen molar-refractivity contribution in [2.24, 2.45) is 0 Å². The molecule has 1 amide bonds. The van der Waals surface area contributed by atoms with Crippen molar-refractivity contribution in [3.63, 3.8) is 0 Å². The van der Waals surface area contributed by atoms with Crippen molar-refractivity contribution in [2.75, 3.05) is 25.5 Å². The normalized spacial score (nSPS) is 13.5. The number of nitrogens with one attached hydrogen (secondary N) is 1. The number of carbonyl (C=O) groups is 1. The summed E-state index contributed by atoms with van der Waals surface area (Å²) in [5.74, 6) is 0.154. The van der Waals surface area contributed by atoms with Crippen LogP contribution in [-0.2, 0) is 11.3 Å². The Bertz CT molecular complexity index is 1060. The summed E-state index contributed by atoms with van der Waals surface area (Å²) < 4.78 is 20.7. The van der Waals surface area contributed by atoms with Crippen molar-refractivity contribution < 1.29 is 13.9 Å². The average molecular weight is 410 g/mol. The maximum Gasteiger partial charge on any atom is 0.244 e. The van der Waals surface area contributed by atoms with Crippen molar-refractivity contribution in [3.05, 3.63) is 48.2 Å². The molecule has 0 radical (unpaired) electrons. The molecule has 1 aliphatic rings. The smallest absolute Gasteiger partial charge is 0.244 e. The average Bonchev–Trinajstić information content (AvgIpc) is 3.42. The Kier molecular flexibility index (Phi) is 5.60. The molecule has 3 aromatic rings. The van der Waals surface area contributed by atoms with Crippen molar-refractivity contribution >= 4 is 17.5 Å². The van der Waals surface area contributed by atoms with Crippen LogP contribution in [0, 0.1) is 12.7 Å². The van der Waals surface area contributed by atoms with E-state index in [1.165, 1.54) is 13.2 Å². The summed E-state index contributed by atoms with van der Waals surface area (Å²) in [6, 6.07) is 4.71. The summed E-state index contributed by atoms with van der Waals surface area (Å²) in [4.78, 5) is 23.0. The summed E-state index contributed by atoms with van der Waals surface area (Å²) in [5, 5.41) is 7.33. The maximum atomic E-state index is 14.1. The number of rotatable bonds is 6. The van der Waals surface area contributed by atoms with E-state index in [2.05, 4.69) is 20.4 Å². The summed E-state index contributed by atoms with van der Waals surface area (Å²) in [5.41, 5.74) is 2.73. The second kappa shape index (κ2) is 8.48. The van der Waals surface area contributed by atoms with Crippen molar-refractivity contribution in [1.29, 1.82) is 0 Å². The quantitative estimate of drug-likeness (QED) is 0.672. The van der Waals surface area contributed by atoms with E-state index in [-0.39, 0.29) is 18.2 Å². The molecule has 4 rings (SSSR count). The lowest BCUT2D eigenvalue weighted by molar-refractivity contribution is -0.130. The standard InChI is InChI=1S/C21H23FN6O2/c1-14-10-23-21(26-20(14)15-5-6-18(30-2)17(22)9-15)25-16-11-24-28(12-16)13-19(29)27-7-3-4-8-27/h5-6,9-12H,3-4,7-8,13H2,1-2H3,(H,23,25,26). The van der Waals surface area contributed by atoms with Crippen LogP contribution in [0.25, 0.3) is 11.3 Å². The van der Waals surface area contributed by atoms with Gasteiger partial charge in [0.05, 0.1) is 24.7 Å². The monoisotopic (exact) mass is 410 g/mol. The zero-order chi connectivity index (χ0) is 21.1. The first-order chi connectivity index (χ1) is 14.5. The lowest BCUT2D eigenvalue weighted by Gasteiger charge is -2.14. The molecule has 1 saturated heterocycles. The van der Waals surface area contributed by atoms with Gasteiger partial charge in [0.1, 0.15) is 6.54 Å². The lowest BCUT2D eigenvalue weighted by atomic mass is 10.1. The third-order valence-corrected chi connectivity index (χ3v) is 5.04. The molecule has 9 heteroatoms. The Morgan fingerprint density at radius 2 is 2.07 bits per heavy atom. The van der Waals surface area contributed by atoms with Crippen LogP contribution in [0.1, 0.15) is 18.4 Å². The van der Waals surface area contributed by atoms with Crippen LogP contribution in [0.15, 0.2) is 36.8 Å². The Morgan fingerprint density at radius 3 is 2.80 bits per heavy atom. The molecule has 0 bridgehead atoms. The first-order valence-corrected chi connectivity index (χ1v) is 9.78. The van der Waals surface area contributed by atoms with E-state index in [0.29, 0.717) is 22.9 Å². The fraction of sp³-hybridized carbons (Fsp3) is 0.333. The molecule has 3 heterocycles. The highest BCUT2D eigenvalue weighted by Gasteiger charge is 2.18. The predicted octanol–water partition coefficient (Wildman–Crippen LogP) is 3.16. The number of methoxy groups -OCH3 is 1. The van der Waals surface area contributed by atoms with Gasteiger partial charge in [-0.3, -0.25) is 9.48 Å². The van der Waals surface area contributed by atoms with E-state index < -0.39 is 5.82 Å². The summed E-state index contributed by atoms with van der Waals surface area (Å²) in [6.45, 7) is 3.70. The molecule has 0 saturated carbocycles. The Balaban J connectivity index is 1.49. The summed E-state index contributed by atoms with van der Waals surface area (Å²) in [7, 11) is 1.43.